The van der Waals surface area contributed by atoms with Crippen molar-refractivity contribution >= 4 is 11.9 Å². The molecule has 3 N–H and O–H groups in total. The van der Waals surface area contributed by atoms with Crippen LogP contribution in [0.1, 0.15) is 28.6 Å². The van der Waals surface area contributed by atoms with Crippen LogP contribution >= 0.6 is 0 Å². The van der Waals surface area contributed by atoms with Crippen molar-refractivity contribution in [2.45, 2.75) is 12.5 Å². The van der Waals surface area contributed by atoms with Gasteiger partial charge in [-0.25, -0.2) is 4.68 Å². The summed E-state index contributed by atoms with van der Waals surface area (Å²) in [7, 11) is 0. The molecule has 1 aromatic carbocycles. The fourth-order valence-corrected chi connectivity index (χ4v) is 2.64. The van der Waals surface area contributed by atoms with Crippen molar-refractivity contribution in [3.05, 3.63) is 29.6 Å². The maximum Gasteiger partial charge on any atom is 0.288 e. The molecule has 4 rings (SSSR count). The molecule has 0 saturated heterocycles. The first-order valence-electron chi connectivity index (χ1n) is 6.62. The molecule has 0 bridgehead atoms. The first-order chi connectivity index (χ1) is 10.2. The summed E-state index contributed by atoms with van der Waals surface area (Å²) in [5.41, 5.74) is 6.27. The van der Waals surface area contributed by atoms with Gasteiger partial charge in [-0.1, -0.05) is 6.07 Å². The Bertz CT molecular complexity index is 727. The Morgan fingerprint density at radius 3 is 3.10 bits per heavy atom. The smallest absolute Gasteiger partial charge is 0.288 e. The summed E-state index contributed by atoms with van der Waals surface area (Å²) in [4.78, 5) is 15.3. The zero-order chi connectivity index (χ0) is 14.4. The Morgan fingerprint density at radius 2 is 2.24 bits per heavy atom. The number of rotatable bonds is 2. The topological polar surface area (TPSA) is 104 Å². The van der Waals surface area contributed by atoms with E-state index in [4.69, 9.17) is 15.2 Å². The molecule has 0 spiro atoms. The fourth-order valence-electron chi connectivity index (χ4n) is 2.64. The summed E-state index contributed by atoms with van der Waals surface area (Å²) in [6, 6.07) is 5.77. The number of ether oxygens (including phenoxy) is 2. The second kappa shape index (κ2) is 4.37. The number of benzene rings is 1. The number of aromatic nitrogens is 3. The standard InChI is InChI=1S/C13H13N5O3/c14-11(19)12-16-13-15-4-3-8(18(13)17-12)7-1-2-9-10(5-7)21-6-20-9/h1-2,5,8H,3-4,6H2,(H2,14,19)(H,15,16,17). The molecule has 108 valence electrons. The predicted octanol–water partition coefficient (Wildman–Crippen LogP) is 0.511. The Hall–Kier alpha value is -2.77. The summed E-state index contributed by atoms with van der Waals surface area (Å²) < 4.78 is 12.4. The lowest BCUT2D eigenvalue weighted by Crippen LogP contribution is -2.24. The van der Waals surface area contributed by atoms with Crippen molar-refractivity contribution in [2.75, 3.05) is 18.7 Å². The molecule has 8 heteroatoms. The number of anilines is 1. The Labute approximate surface area is 119 Å². The number of amides is 1. The van der Waals surface area contributed by atoms with Crippen LogP contribution in [-0.4, -0.2) is 34.0 Å². The summed E-state index contributed by atoms with van der Waals surface area (Å²) in [6.07, 6.45) is 0.828. The zero-order valence-corrected chi connectivity index (χ0v) is 11.1. The van der Waals surface area contributed by atoms with Gasteiger partial charge in [-0.15, -0.1) is 5.10 Å². The minimum Gasteiger partial charge on any atom is -0.454 e. The molecule has 0 saturated carbocycles. The van der Waals surface area contributed by atoms with Crippen molar-refractivity contribution in [1.82, 2.24) is 14.8 Å². The molecule has 2 aromatic rings. The number of fused-ring (bicyclic) bond motifs is 2. The number of carbonyl (C=O) groups is 1. The molecule has 1 aromatic heterocycles. The Morgan fingerprint density at radius 1 is 1.38 bits per heavy atom. The van der Waals surface area contributed by atoms with E-state index in [0.29, 0.717) is 5.95 Å². The third-order valence-corrected chi connectivity index (χ3v) is 3.63. The van der Waals surface area contributed by atoms with Gasteiger partial charge in [0.25, 0.3) is 5.91 Å². The molecule has 0 radical (unpaired) electrons. The average molecular weight is 287 g/mol. The van der Waals surface area contributed by atoms with E-state index in [1.54, 1.807) is 4.68 Å². The van der Waals surface area contributed by atoms with E-state index in [0.717, 1.165) is 30.0 Å². The first kappa shape index (κ1) is 12.0. The lowest BCUT2D eigenvalue weighted by Gasteiger charge is -2.24. The molecule has 1 unspecified atom stereocenters. The van der Waals surface area contributed by atoms with E-state index in [9.17, 15) is 4.79 Å². The van der Waals surface area contributed by atoms with Crippen molar-refractivity contribution in [2.24, 2.45) is 5.73 Å². The number of hydrogen-bond donors (Lipinski definition) is 2. The second-order valence-electron chi connectivity index (χ2n) is 4.91. The highest BCUT2D eigenvalue weighted by Gasteiger charge is 2.27. The third-order valence-electron chi connectivity index (χ3n) is 3.63. The third kappa shape index (κ3) is 1.87. The van der Waals surface area contributed by atoms with Gasteiger partial charge in [-0.2, -0.15) is 4.98 Å². The fraction of sp³-hybridized carbons (Fsp3) is 0.308. The number of carbonyl (C=O) groups excluding carboxylic acids is 1. The molecule has 1 atom stereocenters. The summed E-state index contributed by atoms with van der Waals surface area (Å²) in [5.74, 6) is 1.40. The molecule has 2 aliphatic rings. The molecular weight excluding hydrogens is 274 g/mol. The van der Waals surface area contributed by atoms with Crippen LogP contribution in [0, 0.1) is 0 Å². The SMILES string of the molecule is NC(=O)c1nc2n(n1)C(c1ccc3c(c1)OCO3)CCN2. The Balaban J connectivity index is 1.75. The highest BCUT2D eigenvalue weighted by atomic mass is 16.7. The number of hydrogen-bond acceptors (Lipinski definition) is 6. The van der Waals surface area contributed by atoms with Gasteiger partial charge in [-0.3, -0.25) is 4.79 Å². The van der Waals surface area contributed by atoms with Gasteiger partial charge in [0.05, 0.1) is 6.04 Å². The van der Waals surface area contributed by atoms with Gasteiger partial charge in [0, 0.05) is 6.54 Å². The van der Waals surface area contributed by atoms with Crippen molar-refractivity contribution in [1.29, 1.82) is 0 Å². The van der Waals surface area contributed by atoms with Crippen LogP contribution in [0.15, 0.2) is 18.2 Å². The van der Waals surface area contributed by atoms with Gasteiger partial charge in [0.15, 0.2) is 11.5 Å². The summed E-state index contributed by atoms with van der Waals surface area (Å²) >= 11 is 0. The van der Waals surface area contributed by atoms with Gasteiger partial charge in [0.2, 0.25) is 18.6 Å². The van der Waals surface area contributed by atoms with Gasteiger partial charge in [-0.05, 0) is 24.1 Å². The molecule has 2 aliphatic heterocycles. The van der Waals surface area contributed by atoms with Crippen LogP contribution < -0.4 is 20.5 Å². The van der Waals surface area contributed by atoms with Gasteiger partial charge in [0.1, 0.15) is 0 Å². The van der Waals surface area contributed by atoms with Crippen LogP contribution in [0.2, 0.25) is 0 Å². The predicted molar refractivity (Wildman–Crippen MR) is 72.4 cm³/mol. The number of nitrogens with two attached hydrogens (primary N) is 1. The van der Waals surface area contributed by atoms with Crippen molar-refractivity contribution in [3.63, 3.8) is 0 Å². The molecule has 1 amide bonds. The van der Waals surface area contributed by atoms with Crippen LogP contribution in [0.25, 0.3) is 0 Å². The number of nitrogens with zero attached hydrogens (tertiary/aromatic N) is 3. The van der Waals surface area contributed by atoms with Crippen molar-refractivity contribution in [3.8, 4) is 11.5 Å². The zero-order valence-electron chi connectivity index (χ0n) is 11.1. The largest absolute Gasteiger partial charge is 0.454 e. The van der Waals surface area contributed by atoms with Crippen LogP contribution in [0.4, 0.5) is 5.95 Å². The molecule has 0 aliphatic carbocycles. The highest BCUT2D eigenvalue weighted by Crippen LogP contribution is 2.37. The molecule has 8 nitrogen and oxygen atoms in total. The first-order valence-corrected chi connectivity index (χ1v) is 6.62. The lowest BCUT2D eigenvalue weighted by atomic mass is 10.0. The quantitative estimate of drug-likeness (QED) is 0.834. The molecule has 21 heavy (non-hydrogen) atoms. The van der Waals surface area contributed by atoms with Crippen LogP contribution in [0.3, 0.4) is 0 Å². The normalized spacial score (nSPS) is 19.0. The van der Waals surface area contributed by atoms with E-state index < -0.39 is 5.91 Å². The van der Waals surface area contributed by atoms with Crippen LogP contribution in [-0.2, 0) is 0 Å². The van der Waals surface area contributed by atoms with Gasteiger partial charge >= 0.3 is 0 Å². The van der Waals surface area contributed by atoms with E-state index in [1.807, 2.05) is 18.2 Å². The maximum atomic E-state index is 11.2. The summed E-state index contributed by atoms with van der Waals surface area (Å²) in [5, 5.41) is 7.31. The molecule has 3 heterocycles. The van der Waals surface area contributed by atoms with E-state index in [1.165, 1.54) is 0 Å². The second-order valence-corrected chi connectivity index (χ2v) is 4.91. The number of nitrogens with one attached hydrogen (secondary N) is 1. The van der Waals surface area contributed by atoms with E-state index in [2.05, 4.69) is 15.4 Å². The molecular formula is C13H13N5O3. The average Bonchev–Trinajstić information content (AvgIpc) is 3.12. The number of primary amides is 1. The minimum atomic E-state index is -0.636. The van der Waals surface area contributed by atoms with E-state index in [-0.39, 0.29) is 18.7 Å². The highest BCUT2D eigenvalue weighted by molar-refractivity contribution is 5.89. The van der Waals surface area contributed by atoms with Crippen LogP contribution in [0.5, 0.6) is 11.5 Å². The molecule has 0 fully saturated rings. The summed E-state index contributed by atoms with van der Waals surface area (Å²) in [6.45, 7) is 0.988. The van der Waals surface area contributed by atoms with Crippen molar-refractivity contribution < 1.29 is 14.3 Å². The van der Waals surface area contributed by atoms with E-state index >= 15 is 0 Å². The monoisotopic (exact) mass is 287 g/mol. The maximum absolute atomic E-state index is 11.2. The lowest BCUT2D eigenvalue weighted by molar-refractivity contribution is 0.0990. The Kier molecular flexibility index (Phi) is 2.50. The minimum absolute atomic E-state index is 0.0173. The van der Waals surface area contributed by atoms with Gasteiger partial charge < -0.3 is 20.5 Å².